The summed E-state index contributed by atoms with van der Waals surface area (Å²) in [5, 5.41) is 5.10. The Bertz CT molecular complexity index is 1380. The number of thiophene rings is 1. The predicted octanol–water partition coefficient (Wildman–Crippen LogP) is 4.32. The summed E-state index contributed by atoms with van der Waals surface area (Å²) in [5.41, 5.74) is 4.87. The van der Waals surface area contributed by atoms with Crippen molar-refractivity contribution in [2.75, 3.05) is 12.9 Å². The Morgan fingerprint density at radius 2 is 1.91 bits per heavy atom. The SMILES string of the molecule is COc1ccc(/C=N/NC(=O)CSc2nc3sc(C)c(C)c3c(=O)n2-c2ccccc2)cc1. The number of hydrazone groups is 1. The zero-order valence-corrected chi connectivity index (χ0v) is 20.0. The topological polar surface area (TPSA) is 85.6 Å². The van der Waals surface area contributed by atoms with Gasteiger partial charge < -0.3 is 4.74 Å². The van der Waals surface area contributed by atoms with E-state index < -0.39 is 0 Å². The number of benzene rings is 2. The molecule has 0 radical (unpaired) electrons. The lowest BCUT2D eigenvalue weighted by atomic mass is 10.2. The molecule has 1 amide bonds. The lowest BCUT2D eigenvalue weighted by Crippen LogP contribution is -2.24. The van der Waals surface area contributed by atoms with E-state index in [2.05, 4.69) is 10.5 Å². The van der Waals surface area contributed by atoms with Crippen LogP contribution in [0.2, 0.25) is 0 Å². The van der Waals surface area contributed by atoms with Crippen LogP contribution < -0.4 is 15.7 Å². The number of nitrogens with one attached hydrogen (secondary N) is 1. The fraction of sp³-hybridized carbons (Fsp3) is 0.167. The van der Waals surface area contributed by atoms with E-state index in [1.54, 1.807) is 17.9 Å². The largest absolute Gasteiger partial charge is 0.497 e. The summed E-state index contributed by atoms with van der Waals surface area (Å²) in [5.74, 6) is 0.517. The summed E-state index contributed by atoms with van der Waals surface area (Å²) in [7, 11) is 1.60. The zero-order chi connectivity index (χ0) is 23.4. The van der Waals surface area contributed by atoms with E-state index in [4.69, 9.17) is 9.72 Å². The first-order valence-corrected chi connectivity index (χ1v) is 11.9. The number of fused-ring (bicyclic) bond motifs is 1. The third-order valence-electron chi connectivity index (χ3n) is 5.04. The maximum atomic E-state index is 13.4. The van der Waals surface area contributed by atoms with Crippen molar-refractivity contribution in [2.24, 2.45) is 5.10 Å². The third kappa shape index (κ3) is 4.99. The minimum Gasteiger partial charge on any atom is -0.497 e. The quantitative estimate of drug-likeness (QED) is 0.185. The number of aryl methyl sites for hydroxylation is 2. The number of methoxy groups -OCH3 is 1. The van der Waals surface area contributed by atoms with Crippen molar-refractivity contribution in [3.63, 3.8) is 0 Å². The molecule has 7 nitrogen and oxygen atoms in total. The molecule has 9 heteroatoms. The molecule has 0 fully saturated rings. The number of carbonyl (C=O) groups excluding carboxylic acids is 1. The van der Waals surface area contributed by atoms with Crippen LogP contribution in [0.5, 0.6) is 5.75 Å². The molecule has 0 bridgehead atoms. The number of hydrogen-bond acceptors (Lipinski definition) is 7. The van der Waals surface area contributed by atoms with Gasteiger partial charge in [-0.2, -0.15) is 5.10 Å². The molecule has 4 rings (SSSR count). The van der Waals surface area contributed by atoms with Gasteiger partial charge in [0.05, 0.1) is 30.2 Å². The fourth-order valence-electron chi connectivity index (χ4n) is 3.21. The Morgan fingerprint density at radius 1 is 1.18 bits per heavy atom. The molecule has 0 saturated heterocycles. The average Bonchev–Trinajstić information content (AvgIpc) is 3.12. The number of thioether (sulfide) groups is 1. The predicted molar refractivity (Wildman–Crippen MR) is 134 cm³/mol. The number of aromatic nitrogens is 2. The van der Waals surface area contributed by atoms with Gasteiger partial charge in [0.2, 0.25) is 0 Å². The van der Waals surface area contributed by atoms with Gasteiger partial charge >= 0.3 is 0 Å². The summed E-state index contributed by atoms with van der Waals surface area (Å²) in [6, 6.07) is 16.6. The van der Waals surface area contributed by atoms with E-state index in [9.17, 15) is 9.59 Å². The van der Waals surface area contributed by atoms with Crippen LogP contribution in [0.25, 0.3) is 15.9 Å². The molecule has 0 atom stereocenters. The number of amides is 1. The van der Waals surface area contributed by atoms with E-state index in [1.165, 1.54) is 23.1 Å². The van der Waals surface area contributed by atoms with Crippen molar-refractivity contribution >= 4 is 45.4 Å². The Balaban J connectivity index is 1.54. The fourth-order valence-corrected chi connectivity index (χ4v) is 5.08. The van der Waals surface area contributed by atoms with Crippen molar-refractivity contribution in [2.45, 2.75) is 19.0 Å². The van der Waals surface area contributed by atoms with E-state index in [1.807, 2.05) is 68.4 Å². The first-order valence-electron chi connectivity index (χ1n) is 10.1. The van der Waals surface area contributed by atoms with Gasteiger partial charge in [0.25, 0.3) is 11.5 Å². The lowest BCUT2D eigenvalue weighted by molar-refractivity contribution is -0.118. The maximum Gasteiger partial charge on any atom is 0.267 e. The van der Waals surface area contributed by atoms with Crippen molar-refractivity contribution < 1.29 is 9.53 Å². The van der Waals surface area contributed by atoms with Crippen LogP contribution in [-0.2, 0) is 4.79 Å². The van der Waals surface area contributed by atoms with Crippen molar-refractivity contribution in [3.8, 4) is 11.4 Å². The Morgan fingerprint density at radius 3 is 2.61 bits per heavy atom. The highest BCUT2D eigenvalue weighted by molar-refractivity contribution is 7.99. The maximum absolute atomic E-state index is 13.4. The van der Waals surface area contributed by atoms with Crippen LogP contribution in [0, 0.1) is 13.8 Å². The van der Waals surface area contributed by atoms with Gasteiger partial charge in [-0.3, -0.25) is 14.2 Å². The normalized spacial score (nSPS) is 11.2. The molecule has 2 aromatic heterocycles. The van der Waals surface area contributed by atoms with Gasteiger partial charge in [-0.15, -0.1) is 11.3 Å². The number of para-hydroxylation sites is 1. The Kier molecular flexibility index (Phi) is 6.90. The van der Waals surface area contributed by atoms with E-state index >= 15 is 0 Å². The number of rotatable bonds is 7. The van der Waals surface area contributed by atoms with Crippen LogP contribution >= 0.6 is 23.1 Å². The molecule has 0 saturated carbocycles. The van der Waals surface area contributed by atoms with Crippen LogP contribution in [-0.4, -0.2) is 34.5 Å². The second-order valence-corrected chi connectivity index (χ2v) is 9.33. The number of ether oxygens (including phenoxy) is 1. The van der Waals surface area contributed by atoms with Gasteiger partial charge in [-0.1, -0.05) is 30.0 Å². The highest BCUT2D eigenvalue weighted by atomic mass is 32.2. The first kappa shape index (κ1) is 22.8. The highest BCUT2D eigenvalue weighted by Gasteiger charge is 2.18. The van der Waals surface area contributed by atoms with Crippen molar-refractivity contribution in [1.82, 2.24) is 15.0 Å². The lowest BCUT2D eigenvalue weighted by Gasteiger charge is -2.12. The minimum atomic E-state index is -0.294. The van der Waals surface area contributed by atoms with Gasteiger partial charge in [0.15, 0.2) is 5.16 Å². The Labute approximate surface area is 199 Å². The van der Waals surface area contributed by atoms with Crippen LogP contribution in [0.1, 0.15) is 16.0 Å². The smallest absolute Gasteiger partial charge is 0.267 e. The summed E-state index contributed by atoms with van der Waals surface area (Å²) in [6.45, 7) is 3.92. The molecule has 168 valence electrons. The van der Waals surface area contributed by atoms with Gasteiger partial charge in [-0.25, -0.2) is 10.4 Å². The summed E-state index contributed by atoms with van der Waals surface area (Å²) in [6.07, 6.45) is 1.56. The molecule has 33 heavy (non-hydrogen) atoms. The van der Waals surface area contributed by atoms with Crippen LogP contribution in [0.15, 0.2) is 69.6 Å². The van der Waals surface area contributed by atoms with E-state index in [-0.39, 0.29) is 17.2 Å². The van der Waals surface area contributed by atoms with Crippen molar-refractivity contribution in [1.29, 1.82) is 0 Å². The monoisotopic (exact) mass is 478 g/mol. The molecular formula is C24H22N4O3S2. The van der Waals surface area contributed by atoms with Gasteiger partial charge in [0, 0.05) is 4.88 Å². The van der Waals surface area contributed by atoms with E-state index in [0.717, 1.165) is 21.8 Å². The first-order chi connectivity index (χ1) is 16.0. The Hall–Kier alpha value is -3.43. The van der Waals surface area contributed by atoms with Crippen molar-refractivity contribution in [3.05, 3.63) is 81.0 Å². The van der Waals surface area contributed by atoms with E-state index in [0.29, 0.717) is 21.1 Å². The standard InChI is InChI=1S/C24H22N4O3S2/c1-15-16(2)33-22-21(15)23(30)28(18-7-5-4-6-8-18)24(26-22)32-14-20(29)27-25-13-17-9-11-19(31-3)12-10-17/h4-13H,14H2,1-3H3,(H,27,29)/b25-13+. The zero-order valence-electron chi connectivity index (χ0n) is 18.4. The molecule has 0 aliphatic carbocycles. The van der Waals surface area contributed by atoms with Crippen LogP contribution in [0.3, 0.4) is 0 Å². The molecular weight excluding hydrogens is 456 g/mol. The second-order valence-electron chi connectivity index (χ2n) is 7.19. The summed E-state index contributed by atoms with van der Waals surface area (Å²) < 4.78 is 6.69. The van der Waals surface area contributed by atoms with Gasteiger partial charge in [-0.05, 0) is 61.4 Å². The molecule has 1 N–H and O–H groups in total. The molecule has 4 aromatic rings. The molecule has 0 unspecified atom stereocenters. The third-order valence-corrected chi connectivity index (χ3v) is 7.08. The van der Waals surface area contributed by atoms with Gasteiger partial charge in [0.1, 0.15) is 10.6 Å². The number of hydrogen-bond donors (Lipinski definition) is 1. The number of nitrogens with zero attached hydrogens (tertiary/aromatic N) is 3. The number of carbonyl (C=O) groups is 1. The molecule has 2 aromatic carbocycles. The summed E-state index contributed by atoms with van der Waals surface area (Å²) in [4.78, 5) is 32.2. The second kappa shape index (κ2) is 10.0. The summed E-state index contributed by atoms with van der Waals surface area (Å²) >= 11 is 2.69. The molecule has 0 aliphatic rings. The molecule has 0 aliphatic heterocycles. The average molecular weight is 479 g/mol. The minimum absolute atomic E-state index is 0.0636. The molecule has 2 heterocycles. The molecule has 0 spiro atoms. The highest BCUT2D eigenvalue weighted by Crippen LogP contribution is 2.29. The van der Waals surface area contributed by atoms with Crippen LogP contribution in [0.4, 0.5) is 0 Å².